The average molecular weight is 476 g/mol. The van der Waals surface area contributed by atoms with Gasteiger partial charge in [0.05, 0.1) is 34.7 Å². The van der Waals surface area contributed by atoms with Crippen molar-refractivity contribution in [3.63, 3.8) is 0 Å². The number of carboxylic acid groups (broad SMARTS) is 1. The first-order valence-electron chi connectivity index (χ1n) is 10.8. The van der Waals surface area contributed by atoms with Gasteiger partial charge in [-0.15, -0.1) is 0 Å². The molecule has 8 heteroatoms. The highest BCUT2D eigenvalue weighted by atomic mass is 35.5. The van der Waals surface area contributed by atoms with Crippen molar-refractivity contribution in [3.8, 4) is 5.75 Å². The topological polar surface area (TPSA) is 88.8 Å². The lowest BCUT2D eigenvalue weighted by Gasteiger charge is -2.24. The fourth-order valence-corrected chi connectivity index (χ4v) is 4.15. The highest BCUT2D eigenvalue weighted by Gasteiger charge is 2.23. The van der Waals surface area contributed by atoms with Gasteiger partial charge in [0.2, 0.25) is 5.43 Å². The highest BCUT2D eigenvalue weighted by molar-refractivity contribution is 6.30. The lowest BCUT2D eigenvalue weighted by molar-refractivity contribution is 0.0694. The third-order valence-corrected chi connectivity index (χ3v) is 5.69. The molecule has 0 aliphatic rings. The number of hydrogen-bond donors (Lipinski definition) is 2. The van der Waals surface area contributed by atoms with Crippen LogP contribution in [0.4, 0.5) is 4.39 Å². The normalized spacial score (nSPS) is 12.3. The summed E-state index contributed by atoms with van der Waals surface area (Å²) in [6, 6.07) is 7.53. The predicted molar refractivity (Wildman–Crippen MR) is 126 cm³/mol. The molecule has 2 N–H and O–H groups in total. The van der Waals surface area contributed by atoms with Gasteiger partial charge in [-0.1, -0.05) is 37.1 Å². The number of hydrogen-bond acceptors (Lipinski definition) is 4. The molecule has 0 radical (unpaired) electrons. The summed E-state index contributed by atoms with van der Waals surface area (Å²) in [5, 5.41) is 19.8. The van der Waals surface area contributed by atoms with Gasteiger partial charge >= 0.3 is 5.97 Å². The fraction of sp³-hybridized carbons (Fsp3) is 0.360. The van der Waals surface area contributed by atoms with E-state index in [4.69, 9.17) is 16.3 Å². The molecular weight excluding hydrogens is 449 g/mol. The van der Waals surface area contributed by atoms with E-state index in [0.29, 0.717) is 28.8 Å². The Labute approximate surface area is 196 Å². The number of carbonyl (C=O) groups is 1. The lowest BCUT2D eigenvalue weighted by Crippen LogP contribution is -2.24. The Morgan fingerprint density at radius 1 is 1.27 bits per heavy atom. The van der Waals surface area contributed by atoms with Crippen molar-refractivity contribution in [1.82, 2.24) is 4.57 Å². The molecule has 3 rings (SSSR count). The van der Waals surface area contributed by atoms with Crippen molar-refractivity contribution in [3.05, 3.63) is 74.3 Å². The van der Waals surface area contributed by atoms with Crippen LogP contribution in [0, 0.1) is 5.82 Å². The Morgan fingerprint density at radius 3 is 2.61 bits per heavy atom. The summed E-state index contributed by atoms with van der Waals surface area (Å²) in [6.07, 6.45) is 2.48. The minimum atomic E-state index is -1.36. The van der Waals surface area contributed by atoms with Crippen LogP contribution in [0.15, 0.2) is 41.3 Å². The molecule has 0 saturated carbocycles. The summed E-state index contributed by atoms with van der Waals surface area (Å²) in [6.45, 7) is 5.38. The second kappa shape index (κ2) is 10.4. The van der Waals surface area contributed by atoms with Gasteiger partial charge in [0.25, 0.3) is 0 Å². The van der Waals surface area contributed by atoms with Gasteiger partial charge in [-0.05, 0) is 49.6 Å². The number of fused-ring (bicyclic) bond motifs is 1. The number of aliphatic hydroxyl groups is 1. The number of pyridine rings is 1. The third kappa shape index (κ3) is 5.20. The van der Waals surface area contributed by atoms with Crippen LogP contribution in [-0.4, -0.2) is 33.5 Å². The van der Waals surface area contributed by atoms with Crippen molar-refractivity contribution >= 4 is 28.5 Å². The molecule has 0 aliphatic carbocycles. The minimum absolute atomic E-state index is 0.00665. The van der Waals surface area contributed by atoms with E-state index in [0.717, 1.165) is 6.42 Å². The molecule has 1 heterocycles. The van der Waals surface area contributed by atoms with Crippen LogP contribution in [0.1, 0.15) is 61.1 Å². The second-order valence-electron chi connectivity index (χ2n) is 8.26. The summed E-state index contributed by atoms with van der Waals surface area (Å²) in [7, 11) is 0. The van der Waals surface area contributed by atoms with Crippen molar-refractivity contribution in [1.29, 1.82) is 0 Å². The number of halogens is 2. The fourth-order valence-electron chi connectivity index (χ4n) is 3.95. The van der Waals surface area contributed by atoms with Crippen LogP contribution in [0.5, 0.6) is 5.75 Å². The zero-order chi connectivity index (χ0) is 24.3. The molecule has 2 aromatic carbocycles. The molecular formula is C25H27ClFNO5. The Hall–Kier alpha value is -2.90. The zero-order valence-corrected chi connectivity index (χ0v) is 19.5. The summed E-state index contributed by atoms with van der Waals surface area (Å²) in [5.74, 6) is -1.55. The van der Waals surface area contributed by atoms with Gasteiger partial charge < -0.3 is 19.5 Å². The first-order chi connectivity index (χ1) is 15.7. The summed E-state index contributed by atoms with van der Waals surface area (Å²) in [4.78, 5) is 25.0. The van der Waals surface area contributed by atoms with Gasteiger partial charge in [0.15, 0.2) is 0 Å². The summed E-state index contributed by atoms with van der Waals surface area (Å²) >= 11 is 5.92. The first kappa shape index (κ1) is 24.7. The van der Waals surface area contributed by atoms with Gasteiger partial charge in [-0.2, -0.15) is 0 Å². The predicted octanol–water partition coefficient (Wildman–Crippen LogP) is 5.20. The molecule has 33 heavy (non-hydrogen) atoms. The number of aliphatic hydroxyl groups excluding tert-OH is 1. The first-order valence-corrected chi connectivity index (χ1v) is 11.2. The average Bonchev–Trinajstić information content (AvgIpc) is 2.75. The quantitative estimate of drug-likeness (QED) is 0.444. The SMILES string of the molecule is CCC[C@H](CO)n1cc(C(=O)O)c(=O)c2cc(Cc3cccc(Cl)c3F)cc(OC(C)C)c21. The van der Waals surface area contributed by atoms with E-state index in [-0.39, 0.29) is 29.5 Å². The van der Waals surface area contributed by atoms with Crippen molar-refractivity contribution in [2.24, 2.45) is 0 Å². The molecule has 0 amide bonds. The van der Waals surface area contributed by atoms with Crippen LogP contribution < -0.4 is 10.2 Å². The minimum Gasteiger partial charge on any atom is -0.489 e. The molecule has 0 aliphatic heterocycles. The van der Waals surface area contributed by atoms with E-state index in [2.05, 4.69) is 0 Å². The molecule has 0 fully saturated rings. The molecule has 176 valence electrons. The van der Waals surface area contributed by atoms with E-state index in [1.807, 2.05) is 20.8 Å². The number of nitrogens with zero attached hydrogens (tertiary/aromatic N) is 1. The van der Waals surface area contributed by atoms with E-state index >= 15 is 0 Å². The highest BCUT2D eigenvalue weighted by Crippen LogP contribution is 2.32. The van der Waals surface area contributed by atoms with E-state index < -0.39 is 28.8 Å². The van der Waals surface area contributed by atoms with Crippen LogP contribution >= 0.6 is 11.6 Å². The molecule has 1 atom stereocenters. The Kier molecular flexibility index (Phi) is 7.76. The maximum absolute atomic E-state index is 14.5. The van der Waals surface area contributed by atoms with E-state index in [1.54, 1.807) is 28.8 Å². The van der Waals surface area contributed by atoms with Crippen LogP contribution in [-0.2, 0) is 6.42 Å². The van der Waals surface area contributed by atoms with Gasteiger partial charge in [-0.3, -0.25) is 4.79 Å². The third-order valence-electron chi connectivity index (χ3n) is 5.40. The molecule has 0 unspecified atom stereocenters. The molecule has 0 spiro atoms. The van der Waals surface area contributed by atoms with Crippen molar-refractivity contribution in [2.75, 3.05) is 6.61 Å². The number of carboxylic acids is 1. The van der Waals surface area contributed by atoms with Gasteiger partial charge in [-0.25, -0.2) is 9.18 Å². The standard InChI is InChI=1S/C25H27ClFNO5/c1-4-6-17(13-29)28-12-19(25(31)32)24(30)18-10-15(11-21(23(18)28)33-14(2)3)9-16-7-5-8-20(26)22(16)27/h5,7-8,10-12,14,17,29H,4,6,9,13H2,1-3H3,(H,31,32)/t17-/m1/s1. The van der Waals surface area contributed by atoms with Crippen LogP contribution in [0.25, 0.3) is 10.9 Å². The van der Waals surface area contributed by atoms with E-state index in [1.165, 1.54) is 12.3 Å². The van der Waals surface area contributed by atoms with Crippen LogP contribution in [0.2, 0.25) is 5.02 Å². The molecule has 0 bridgehead atoms. The largest absolute Gasteiger partial charge is 0.489 e. The number of rotatable bonds is 9. The maximum Gasteiger partial charge on any atom is 0.341 e. The van der Waals surface area contributed by atoms with Crippen molar-refractivity contribution < 1.29 is 24.1 Å². The zero-order valence-electron chi connectivity index (χ0n) is 18.8. The van der Waals surface area contributed by atoms with Gasteiger partial charge in [0, 0.05) is 12.6 Å². The summed E-state index contributed by atoms with van der Waals surface area (Å²) in [5.41, 5.74) is 0.247. The Morgan fingerprint density at radius 2 is 2.00 bits per heavy atom. The second-order valence-corrected chi connectivity index (χ2v) is 8.66. The van der Waals surface area contributed by atoms with E-state index in [9.17, 15) is 24.2 Å². The van der Waals surface area contributed by atoms with Gasteiger partial charge in [0.1, 0.15) is 17.1 Å². The van der Waals surface area contributed by atoms with Crippen LogP contribution in [0.3, 0.4) is 0 Å². The summed E-state index contributed by atoms with van der Waals surface area (Å²) < 4.78 is 22.2. The number of benzene rings is 2. The lowest BCUT2D eigenvalue weighted by atomic mass is 10.00. The number of aromatic carboxylic acids is 1. The molecule has 6 nitrogen and oxygen atoms in total. The molecule has 1 aromatic heterocycles. The number of aromatic nitrogens is 1. The Balaban J connectivity index is 2.35. The maximum atomic E-state index is 14.5. The molecule has 3 aromatic rings. The Bertz CT molecular complexity index is 1240. The molecule has 0 saturated heterocycles. The smallest absolute Gasteiger partial charge is 0.341 e. The van der Waals surface area contributed by atoms with Crippen molar-refractivity contribution in [2.45, 2.75) is 52.2 Å². The number of ether oxygens (including phenoxy) is 1. The monoisotopic (exact) mass is 475 g/mol.